The van der Waals surface area contributed by atoms with Crippen LogP contribution in [0.15, 0.2) is 60.7 Å². The zero-order chi connectivity index (χ0) is 22.8. The number of esters is 3. The highest BCUT2D eigenvalue weighted by atomic mass is 16.5. The molecule has 2 aromatic carbocycles. The first-order valence-electron chi connectivity index (χ1n) is 9.55. The summed E-state index contributed by atoms with van der Waals surface area (Å²) < 4.78 is 14.1. The number of benzene rings is 2. The number of carbonyl (C=O) groups is 4. The first-order chi connectivity index (χ1) is 14.9. The van der Waals surface area contributed by atoms with Gasteiger partial charge in [-0.15, -0.1) is 0 Å². The number of methoxy groups -OCH3 is 3. The Morgan fingerprint density at radius 2 is 1.23 bits per heavy atom. The summed E-state index contributed by atoms with van der Waals surface area (Å²) in [7, 11) is 3.41. The molecule has 1 N–H and O–H groups in total. The number of ether oxygens (including phenoxy) is 3. The molecule has 0 spiro atoms. The van der Waals surface area contributed by atoms with Crippen molar-refractivity contribution in [3.63, 3.8) is 0 Å². The van der Waals surface area contributed by atoms with E-state index in [1.54, 1.807) is 48.5 Å². The van der Waals surface area contributed by atoms with Gasteiger partial charge in [-0.1, -0.05) is 60.7 Å². The van der Waals surface area contributed by atoms with Crippen molar-refractivity contribution in [3.8, 4) is 0 Å². The summed E-state index contributed by atoms with van der Waals surface area (Å²) in [5, 5.41) is 2.59. The minimum atomic E-state index is -1.45. The Morgan fingerprint density at radius 3 is 1.65 bits per heavy atom. The van der Waals surface area contributed by atoms with Gasteiger partial charge in [-0.2, -0.15) is 0 Å². The molecule has 0 bridgehead atoms. The van der Waals surface area contributed by atoms with Crippen molar-refractivity contribution in [2.45, 2.75) is 18.4 Å². The number of rotatable bonds is 9. The molecule has 0 aliphatic heterocycles. The minimum Gasteiger partial charge on any atom is -0.469 e. The van der Waals surface area contributed by atoms with Crippen molar-refractivity contribution in [1.29, 1.82) is 0 Å². The van der Waals surface area contributed by atoms with Gasteiger partial charge in [0.2, 0.25) is 5.91 Å². The largest absolute Gasteiger partial charge is 0.469 e. The highest BCUT2D eigenvalue weighted by Crippen LogP contribution is 2.26. The number of carbonyl (C=O) groups excluding carboxylic acids is 4. The number of amides is 1. The molecule has 1 amide bonds. The van der Waals surface area contributed by atoms with Gasteiger partial charge in [-0.25, -0.2) is 4.79 Å². The predicted octanol–water partition coefficient (Wildman–Crippen LogP) is 1.83. The number of nitrogens with one attached hydrogen (secondary N) is 1. The molecule has 2 atom stereocenters. The van der Waals surface area contributed by atoms with Gasteiger partial charge >= 0.3 is 17.9 Å². The maximum absolute atomic E-state index is 13.4. The highest BCUT2D eigenvalue weighted by molar-refractivity contribution is 5.94. The summed E-state index contributed by atoms with van der Waals surface area (Å²) in [6.45, 7) is 0. The molecule has 0 aliphatic rings. The third-order valence-electron chi connectivity index (χ3n) is 4.80. The molecule has 2 aromatic rings. The quantitative estimate of drug-likeness (QED) is 0.480. The van der Waals surface area contributed by atoms with Crippen molar-refractivity contribution in [3.05, 3.63) is 71.8 Å². The minimum absolute atomic E-state index is 0.468. The Hall–Kier alpha value is -3.68. The fraction of sp³-hybridized carbons (Fsp3) is 0.304. The van der Waals surface area contributed by atoms with E-state index >= 15 is 0 Å². The monoisotopic (exact) mass is 427 g/mol. The lowest BCUT2D eigenvalue weighted by Gasteiger charge is -2.26. The van der Waals surface area contributed by atoms with E-state index in [1.807, 2.05) is 12.1 Å². The van der Waals surface area contributed by atoms with Crippen LogP contribution in [0.25, 0.3) is 0 Å². The van der Waals surface area contributed by atoms with Gasteiger partial charge in [-0.3, -0.25) is 14.4 Å². The molecule has 0 aromatic heterocycles. The third-order valence-corrected chi connectivity index (χ3v) is 4.80. The fourth-order valence-electron chi connectivity index (χ4n) is 3.23. The molecule has 8 nitrogen and oxygen atoms in total. The second-order valence-electron chi connectivity index (χ2n) is 6.67. The molecule has 31 heavy (non-hydrogen) atoms. The van der Waals surface area contributed by atoms with E-state index in [9.17, 15) is 19.2 Å². The second-order valence-corrected chi connectivity index (χ2v) is 6.67. The van der Waals surface area contributed by atoms with E-state index in [0.29, 0.717) is 11.1 Å². The molecule has 8 heteroatoms. The van der Waals surface area contributed by atoms with Crippen LogP contribution in [0.1, 0.15) is 23.5 Å². The van der Waals surface area contributed by atoms with Crippen LogP contribution in [-0.2, 0) is 33.4 Å². The fourth-order valence-corrected chi connectivity index (χ4v) is 3.23. The van der Waals surface area contributed by atoms with Crippen LogP contribution >= 0.6 is 0 Å². The zero-order valence-electron chi connectivity index (χ0n) is 17.6. The average molecular weight is 427 g/mol. The van der Waals surface area contributed by atoms with Crippen molar-refractivity contribution >= 4 is 23.8 Å². The standard InChI is InChI=1S/C23H25NO7/c1-29-18(25)14-17(22(27)30-2)20(23(28)31-3)24-21(26)19(15-10-6-4-7-11-15)16-12-8-5-9-13-16/h4-13,17,19-20H,14H2,1-3H3,(H,24,26)/t17-,20-/m0/s1. The second kappa shape index (κ2) is 11.5. The van der Waals surface area contributed by atoms with Crippen LogP contribution < -0.4 is 5.32 Å². The normalized spacial score (nSPS) is 12.4. The molecule has 164 valence electrons. The topological polar surface area (TPSA) is 108 Å². The number of hydrogen-bond acceptors (Lipinski definition) is 7. The Kier molecular flexibility index (Phi) is 8.75. The first kappa shape index (κ1) is 23.6. The summed E-state index contributed by atoms with van der Waals surface area (Å²) in [4.78, 5) is 50.0. The van der Waals surface area contributed by atoms with Crippen molar-refractivity contribution in [1.82, 2.24) is 5.32 Å². The van der Waals surface area contributed by atoms with Crippen LogP contribution in [0.3, 0.4) is 0 Å². The summed E-state index contributed by atoms with van der Waals surface area (Å²) in [5.41, 5.74) is 1.38. The van der Waals surface area contributed by atoms with Gasteiger partial charge in [0.25, 0.3) is 0 Å². The van der Waals surface area contributed by atoms with Gasteiger partial charge in [0.15, 0.2) is 0 Å². The van der Waals surface area contributed by atoms with Gasteiger partial charge in [0.1, 0.15) is 6.04 Å². The molecule has 0 radical (unpaired) electrons. The van der Waals surface area contributed by atoms with E-state index in [2.05, 4.69) is 10.1 Å². The van der Waals surface area contributed by atoms with Gasteiger partial charge in [0.05, 0.1) is 39.6 Å². The average Bonchev–Trinajstić information content (AvgIpc) is 2.81. The van der Waals surface area contributed by atoms with Crippen LogP contribution in [0.2, 0.25) is 0 Å². The van der Waals surface area contributed by atoms with Crippen LogP contribution in [0.5, 0.6) is 0 Å². The third kappa shape index (κ3) is 6.15. The SMILES string of the molecule is COC(=O)C[C@H](C(=O)OC)[C@H](NC(=O)C(c1ccccc1)c1ccccc1)C(=O)OC. The van der Waals surface area contributed by atoms with Crippen LogP contribution in [-0.4, -0.2) is 51.2 Å². The van der Waals surface area contributed by atoms with Gasteiger partial charge in [-0.05, 0) is 11.1 Å². The van der Waals surface area contributed by atoms with E-state index in [-0.39, 0.29) is 0 Å². The summed E-state index contributed by atoms with van der Waals surface area (Å²) >= 11 is 0. The summed E-state index contributed by atoms with van der Waals surface area (Å²) in [5.74, 6) is -5.08. The lowest BCUT2D eigenvalue weighted by atomic mass is 9.89. The molecular weight excluding hydrogens is 402 g/mol. The van der Waals surface area contributed by atoms with Gasteiger partial charge < -0.3 is 19.5 Å². The van der Waals surface area contributed by atoms with E-state index in [0.717, 1.165) is 21.3 Å². The Balaban J connectivity index is 2.43. The Bertz CT molecular complexity index is 859. The smallest absolute Gasteiger partial charge is 0.329 e. The maximum Gasteiger partial charge on any atom is 0.329 e. The van der Waals surface area contributed by atoms with Crippen LogP contribution in [0.4, 0.5) is 0 Å². The zero-order valence-corrected chi connectivity index (χ0v) is 17.6. The summed E-state index contributed by atoms with van der Waals surface area (Å²) in [6.07, 6.45) is -0.468. The van der Waals surface area contributed by atoms with E-state index in [4.69, 9.17) is 9.47 Å². The molecule has 0 unspecified atom stereocenters. The Labute approximate surface area is 180 Å². The molecular formula is C23H25NO7. The highest BCUT2D eigenvalue weighted by Gasteiger charge is 2.40. The summed E-state index contributed by atoms with van der Waals surface area (Å²) in [6, 6.07) is 16.5. The first-order valence-corrected chi connectivity index (χ1v) is 9.55. The van der Waals surface area contributed by atoms with E-state index < -0.39 is 48.1 Å². The predicted molar refractivity (Wildman–Crippen MR) is 111 cm³/mol. The molecule has 2 rings (SSSR count). The lowest BCUT2D eigenvalue weighted by Crippen LogP contribution is -2.51. The van der Waals surface area contributed by atoms with Gasteiger partial charge in [0, 0.05) is 0 Å². The van der Waals surface area contributed by atoms with E-state index in [1.165, 1.54) is 0 Å². The molecule has 0 heterocycles. The number of hydrogen-bond donors (Lipinski definition) is 1. The maximum atomic E-state index is 13.4. The molecule has 0 aliphatic carbocycles. The van der Waals surface area contributed by atoms with Crippen molar-refractivity contribution in [2.75, 3.05) is 21.3 Å². The molecule has 0 saturated heterocycles. The van der Waals surface area contributed by atoms with Crippen molar-refractivity contribution < 1.29 is 33.4 Å². The molecule has 0 saturated carbocycles. The van der Waals surface area contributed by atoms with Crippen molar-refractivity contribution in [2.24, 2.45) is 5.92 Å². The van der Waals surface area contributed by atoms with Crippen LogP contribution in [0, 0.1) is 5.92 Å². The Morgan fingerprint density at radius 1 is 0.742 bits per heavy atom. The lowest BCUT2D eigenvalue weighted by molar-refractivity contribution is -0.159. The molecule has 0 fully saturated rings.